The summed E-state index contributed by atoms with van der Waals surface area (Å²) in [5.41, 5.74) is 0.291. The molecule has 4 rings (SSSR count). The minimum atomic E-state index is -3.69. The van der Waals surface area contributed by atoms with E-state index in [1.165, 1.54) is 10.4 Å². The van der Waals surface area contributed by atoms with Crippen LogP contribution in [0.1, 0.15) is 43.7 Å². The van der Waals surface area contributed by atoms with Crippen molar-refractivity contribution in [1.29, 1.82) is 0 Å². The Hall–Kier alpha value is -3.24. The fourth-order valence-electron chi connectivity index (χ4n) is 4.68. The second-order valence-electron chi connectivity index (χ2n) is 8.94. The van der Waals surface area contributed by atoms with Crippen LogP contribution in [0.4, 0.5) is 10.5 Å². The number of carbonyl (C=O) groups excluding carboxylic acids is 3. The van der Waals surface area contributed by atoms with E-state index >= 15 is 0 Å². The smallest absolute Gasteiger partial charge is 0.324 e. The van der Waals surface area contributed by atoms with Gasteiger partial charge in [-0.1, -0.05) is 49.7 Å². The van der Waals surface area contributed by atoms with Crippen LogP contribution in [0.5, 0.6) is 0 Å². The van der Waals surface area contributed by atoms with E-state index in [-0.39, 0.29) is 10.6 Å². The number of imide groups is 1. The van der Waals surface area contributed by atoms with Gasteiger partial charge >= 0.3 is 6.03 Å². The van der Waals surface area contributed by atoms with Crippen LogP contribution in [0.25, 0.3) is 0 Å². The number of sulfonamides is 1. The highest BCUT2D eigenvalue weighted by atomic mass is 32.2. The highest BCUT2D eigenvalue weighted by Gasteiger charge is 2.51. The molecule has 186 valence electrons. The van der Waals surface area contributed by atoms with Gasteiger partial charge in [-0.25, -0.2) is 13.2 Å². The summed E-state index contributed by atoms with van der Waals surface area (Å²) in [7, 11) is -3.69. The number of urea groups is 1. The first-order valence-electron chi connectivity index (χ1n) is 11.8. The quantitative estimate of drug-likeness (QED) is 0.570. The zero-order valence-corrected chi connectivity index (χ0v) is 20.7. The number of anilines is 1. The third kappa shape index (κ3) is 4.68. The average molecular weight is 499 g/mol. The first-order valence-corrected chi connectivity index (χ1v) is 13.2. The highest BCUT2D eigenvalue weighted by molar-refractivity contribution is 7.89. The molecular weight excluding hydrogens is 468 g/mol. The van der Waals surface area contributed by atoms with Gasteiger partial charge in [-0.15, -0.1) is 0 Å². The molecule has 4 amide bonds. The number of amides is 4. The molecule has 2 fully saturated rings. The summed E-state index contributed by atoms with van der Waals surface area (Å²) in [6.07, 6.45) is 2.98. The molecule has 0 aromatic heterocycles. The van der Waals surface area contributed by atoms with E-state index in [0.717, 1.165) is 24.2 Å². The standard InChI is InChI=1S/C25H30N4O5S/c1-3-25(19-10-6-4-7-11-19)23(31)29(24(32)27-25)17-22(30)26-20-13-12-18(2)21(16-20)35(33,34)28-14-8-5-9-15-28/h4,6-7,10-13,16H,3,5,8-9,14-15,17H2,1-2H3,(H,26,30)(H,27,32)/t25-/m1/s1. The Labute approximate surface area is 205 Å². The van der Waals surface area contributed by atoms with E-state index < -0.39 is 40.0 Å². The van der Waals surface area contributed by atoms with Crippen molar-refractivity contribution in [2.24, 2.45) is 0 Å². The molecule has 2 aliphatic heterocycles. The predicted octanol–water partition coefficient (Wildman–Crippen LogP) is 2.97. The van der Waals surface area contributed by atoms with Gasteiger partial charge in [0.1, 0.15) is 12.1 Å². The Bertz CT molecular complexity index is 1240. The molecule has 0 saturated carbocycles. The van der Waals surface area contributed by atoms with Gasteiger partial charge in [0.2, 0.25) is 15.9 Å². The third-order valence-corrected chi connectivity index (χ3v) is 8.72. The Morgan fingerprint density at radius 2 is 1.74 bits per heavy atom. The van der Waals surface area contributed by atoms with Crippen molar-refractivity contribution in [3.05, 3.63) is 59.7 Å². The molecule has 0 spiro atoms. The number of rotatable bonds is 7. The van der Waals surface area contributed by atoms with Gasteiger partial charge in [-0.2, -0.15) is 4.31 Å². The number of benzene rings is 2. The largest absolute Gasteiger partial charge is 0.325 e. The first kappa shape index (κ1) is 24.9. The lowest BCUT2D eigenvalue weighted by Gasteiger charge is -2.26. The molecule has 2 aliphatic rings. The summed E-state index contributed by atoms with van der Waals surface area (Å²) in [5.74, 6) is -1.10. The van der Waals surface area contributed by atoms with Crippen LogP contribution < -0.4 is 10.6 Å². The number of nitrogens with zero attached hydrogens (tertiary/aromatic N) is 2. The van der Waals surface area contributed by atoms with Gasteiger partial charge in [-0.05, 0) is 49.4 Å². The third-order valence-electron chi connectivity index (χ3n) is 6.68. The van der Waals surface area contributed by atoms with Crippen molar-refractivity contribution >= 4 is 33.6 Å². The molecule has 0 aliphatic carbocycles. The molecule has 2 saturated heterocycles. The molecule has 1 atom stereocenters. The molecule has 35 heavy (non-hydrogen) atoms. The van der Waals surface area contributed by atoms with Crippen LogP contribution in [0, 0.1) is 6.92 Å². The maximum atomic E-state index is 13.2. The highest BCUT2D eigenvalue weighted by Crippen LogP contribution is 2.32. The average Bonchev–Trinajstić information content (AvgIpc) is 3.11. The van der Waals surface area contributed by atoms with Crippen molar-refractivity contribution in [1.82, 2.24) is 14.5 Å². The number of hydrogen-bond donors (Lipinski definition) is 2. The summed E-state index contributed by atoms with van der Waals surface area (Å²) < 4.78 is 27.8. The predicted molar refractivity (Wildman–Crippen MR) is 131 cm³/mol. The molecule has 0 unspecified atom stereocenters. The lowest BCUT2D eigenvalue weighted by molar-refractivity contribution is -0.134. The molecule has 2 aromatic carbocycles. The summed E-state index contributed by atoms with van der Waals surface area (Å²) in [6, 6.07) is 13.0. The Morgan fingerprint density at radius 1 is 1.06 bits per heavy atom. The number of piperidine rings is 1. The summed E-state index contributed by atoms with van der Waals surface area (Å²) in [6.45, 7) is 3.98. The second-order valence-corrected chi connectivity index (χ2v) is 10.8. The Balaban J connectivity index is 1.51. The van der Waals surface area contributed by atoms with Gasteiger partial charge in [0.05, 0.1) is 4.90 Å². The summed E-state index contributed by atoms with van der Waals surface area (Å²) >= 11 is 0. The van der Waals surface area contributed by atoms with E-state index in [9.17, 15) is 22.8 Å². The van der Waals surface area contributed by atoms with E-state index in [1.54, 1.807) is 50.2 Å². The summed E-state index contributed by atoms with van der Waals surface area (Å²) in [4.78, 5) is 39.7. The SMILES string of the molecule is CC[C@]1(c2ccccc2)NC(=O)N(CC(=O)Nc2ccc(C)c(S(=O)(=O)N3CCCCC3)c2)C1=O. The fraction of sp³-hybridized carbons (Fsp3) is 0.400. The Morgan fingerprint density at radius 3 is 2.40 bits per heavy atom. The van der Waals surface area contributed by atoms with Crippen LogP contribution in [-0.2, 0) is 25.2 Å². The normalized spacial score (nSPS) is 21.1. The van der Waals surface area contributed by atoms with Crippen molar-refractivity contribution in [3.8, 4) is 0 Å². The van der Waals surface area contributed by atoms with Crippen LogP contribution in [0.15, 0.2) is 53.4 Å². The van der Waals surface area contributed by atoms with Gasteiger partial charge in [0, 0.05) is 18.8 Å². The zero-order chi connectivity index (χ0) is 25.2. The van der Waals surface area contributed by atoms with Gasteiger partial charge in [0.15, 0.2) is 0 Å². The summed E-state index contributed by atoms with van der Waals surface area (Å²) in [5, 5.41) is 5.39. The number of hydrogen-bond acceptors (Lipinski definition) is 5. The monoisotopic (exact) mass is 498 g/mol. The fourth-order valence-corrected chi connectivity index (χ4v) is 6.44. The first-order chi connectivity index (χ1) is 16.7. The molecule has 2 heterocycles. The molecule has 10 heteroatoms. The van der Waals surface area contributed by atoms with Gasteiger partial charge in [-0.3, -0.25) is 14.5 Å². The molecule has 2 N–H and O–H groups in total. The van der Waals surface area contributed by atoms with Crippen LogP contribution in [0.2, 0.25) is 0 Å². The molecule has 0 bridgehead atoms. The van der Waals surface area contributed by atoms with Gasteiger partial charge in [0.25, 0.3) is 5.91 Å². The Kier molecular flexibility index (Phi) is 6.95. The van der Waals surface area contributed by atoms with E-state index in [0.29, 0.717) is 30.6 Å². The van der Waals surface area contributed by atoms with Crippen molar-refractivity contribution in [3.63, 3.8) is 0 Å². The molecule has 2 aromatic rings. The maximum Gasteiger partial charge on any atom is 0.325 e. The lowest BCUT2D eigenvalue weighted by Crippen LogP contribution is -2.44. The van der Waals surface area contributed by atoms with Crippen molar-refractivity contribution < 1.29 is 22.8 Å². The van der Waals surface area contributed by atoms with Crippen LogP contribution >= 0.6 is 0 Å². The molecule has 9 nitrogen and oxygen atoms in total. The number of carbonyl (C=O) groups is 3. The van der Waals surface area contributed by atoms with E-state index in [1.807, 2.05) is 6.07 Å². The maximum absolute atomic E-state index is 13.2. The zero-order valence-electron chi connectivity index (χ0n) is 19.9. The minimum absolute atomic E-state index is 0.140. The minimum Gasteiger partial charge on any atom is -0.324 e. The molecule has 0 radical (unpaired) electrons. The lowest BCUT2D eigenvalue weighted by atomic mass is 9.87. The topological polar surface area (TPSA) is 116 Å². The van der Waals surface area contributed by atoms with Gasteiger partial charge < -0.3 is 10.6 Å². The van der Waals surface area contributed by atoms with Crippen LogP contribution in [0.3, 0.4) is 0 Å². The van der Waals surface area contributed by atoms with Crippen molar-refractivity contribution in [2.75, 3.05) is 25.0 Å². The van der Waals surface area contributed by atoms with E-state index in [4.69, 9.17) is 0 Å². The molecular formula is C25H30N4O5S. The van der Waals surface area contributed by atoms with Crippen molar-refractivity contribution in [2.45, 2.75) is 50.0 Å². The van der Waals surface area contributed by atoms with E-state index in [2.05, 4.69) is 10.6 Å². The van der Waals surface area contributed by atoms with Crippen LogP contribution in [-0.4, -0.2) is 55.1 Å². The second kappa shape index (κ2) is 9.79. The number of aryl methyl sites for hydroxylation is 1. The number of nitrogens with one attached hydrogen (secondary N) is 2.